The molecule has 2 saturated heterocycles. The fourth-order valence-corrected chi connectivity index (χ4v) is 9.90. The van der Waals surface area contributed by atoms with Crippen LogP contribution in [0.3, 0.4) is 0 Å². The average molecular weight is 869 g/mol. The Morgan fingerprint density at radius 3 is 2.60 bits per heavy atom. The maximum Gasteiger partial charge on any atom is 0.281 e. The van der Waals surface area contributed by atoms with E-state index in [2.05, 4.69) is 41.3 Å². The van der Waals surface area contributed by atoms with E-state index in [1.165, 1.54) is 25.4 Å². The molecule has 1 amide bonds. The fraction of sp³-hybridized carbons (Fsp3) is 0.348. The zero-order valence-corrected chi connectivity index (χ0v) is 35.6. The number of carbonyl (C=O) groups excluding carboxylic acids is 1. The molecule has 6 N–H and O–H groups in total. The van der Waals surface area contributed by atoms with Crippen LogP contribution in [-0.2, 0) is 23.9 Å². The molecule has 2 aliphatic heterocycles. The minimum atomic E-state index is -4.97. The van der Waals surface area contributed by atoms with Crippen LogP contribution >= 0.6 is 0 Å². The number of ether oxygens (including phenoxy) is 2. The van der Waals surface area contributed by atoms with Crippen molar-refractivity contribution in [1.82, 2.24) is 29.8 Å². The number of H-pyrrole nitrogens is 1. The molecule has 326 valence electrons. The lowest BCUT2D eigenvalue weighted by molar-refractivity contribution is -0.907. The summed E-state index contributed by atoms with van der Waals surface area (Å²) >= 11 is 0. The molecule has 0 saturated carbocycles. The van der Waals surface area contributed by atoms with Crippen LogP contribution in [0.2, 0.25) is 0 Å². The first-order valence-electron chi connectivity index (χ1n) is 20.8. The van der Waals surface area contributed by atoms with Gasteiger partial charge in [0.15, 0.2) is 23.4 Å². The van der Waals surface area contributed by atoms with Gasteiger partial charge in [-0.05, 0) is 72.0 Å². The lowest BCUT2D eigenvalue weighted by Crippen LogP contribution is -2.90. The summed E-state index contributed by atoms with van der Waals surface area (Å²) < 4.78 is 69.0. The number of aromatic nitrogens is 2. The zero-order chi connectivity index (χ0) is 43.3. The molecule has 62 heavy (non-hydrogen) atoms. The van der Waals surface area contributed by atoms with E-state index in [-0.39, 0.29) is 34.6 Å². The van der Waals surface area contributed by atoms with Crippen LogP contribution in [0, 0.1) is 17.6 Å². The predicted octanol–water partition coefficient (Wildman–Crippen LogP) is 4.77. The lowest BCUT2D eigenvalue weighted by atomic mass is 9.90. The van der Waals surface area contributed by atoms with Crippen LogP contribution in [-0.4, -0.2) is 106 Å². The summed E-state index contributed by atoms with van der Waals surface area (Å²) in [6, 6.07) is 17.2. The molecule has 4 heterocycles. The van der Waals surface area contributed by atoms with Gasteiger partial charge in [-0.1, -0.05) is 42.1 Å². The highest BCUT2D eigenvalue weighted by Gasteiger charge is 2.37. The van der Waals surface area contributed by atoms with E-state index >= 15 is 0 Å². The number of hydroxylamine groups is 1. The van der Waals surface area contributed by atoms with Crippen LogP contribution in [0.15, 0.2) is 130 Å². The Hall–Kier alpha value is -5.67. The van der Waals surface area contributed by atoms with E-state index in [9.17, 15) is 22.3 Å². The van der Waals surface area contributed by atoms with Gasteiger partial charge in [-0.15, -0.1) is 9.53 Å². The van der Waals surface area contributed by atoms with Gasteiger partial charge in [0.05, 0.1) is 29.6 Å². The molecule has 13 nitrogen and oxygen atoms in total. The first-order valence-corrected chi connectivity index (χ1v) is 23.1. The molecule has 8 rings (SSSR count). The number of carbonyl (C=O) groups is 1. The van der Waals surface area contributed by atoms with Gasteiger partial charge in [0.1, 0.15) is 17.0 Å². The van der Waals surface area contributed by atoms with Crippen molar-refractivity contribution in [3.8, 4) is 5.75 Å². The Kier molecular flexibility index (Phi) is 12.7. The third kappa shape index (κ3) is 10.00. The van der Waals surface area contributed by atoms with Crippen LogP contribution in [0.1, 0.15) is 36.3 Å². The number of allylic oxidation sites excluding steroid dienone is 3. The average Bonchev–Trinajstić information content (AvgIpc) is 3.75. The number of piperazine rings is 1. The third-order valence-electron chi connectivity index (χ3n) is 11.8. The van der Waals surface area contributed by atoms with Gasteiger partial charge >= 0.3 is 0 Å². The van der Waals surface area contributed by atoms with Crippen molar-refractivity contribution >= 4 is 26.5 Å². The van der Waals surface area contributed by atoms with Gasteiger partial charge in [-0.2, -0.15) is 9.69 Å². The summed E-state index contributed by atoms with van der Waals surface area (Å²) in [4.78, 5) is 31.6. The second-order valence-corrected chi connectivity index (χ2v) is 19.5. The maximum atomic E-state index is 14.5. The molecule has 0 radical (unpaired) electrons. The van der Waals surface area contributed by atoms with Gasteiger partial charge in [0, 0.05) is 88.7 Å². The highest BCUT2D eigenvalue weighted by molar-refractivity contribution is 8.16. The number of rotatable bonds is 15. The third-order valence-corrected chi connectivity index (χ3v) is 14.0. The molecule has 2 unspecified atom stereocenters. The lowest BCUT2D eigenvalue weighted by Gasteiger charge is -2.43. The number of amides is 1. The van der Waals surface area contributed by atoms with Gasteiger partial charge in [-0.25, -0.2) is 18.6 Å². The SMILES string of the molecule is CO[NH2+]C1CC(S(C)(=O)(O)NC(=O)C2=C=C=C(N3CCN(CC(c4ccccc4)c4ccc(F)c(F)c4)CC3)C=C2Oc2cnc3[nH]ccc3c2)=CC=C1NCC1CCOCC1. The molecule has 2 aromatic carbocycles. The van der Waals surface area contributed by atoms with Crippen molar-refractivity contribution in [3.63, 3.8) is 0 Å². The summed E-state index contributed by atoms with van der Waals surface area (Å²) in [5.41, 5.74) is 11.4. The van der Waals surface area contributed by atoms with Gasteiger partial charge < -0.3 is 24.7 Å². The molecule has 4 aliphatic rings. The molecule has 2 fully saturated rings. The van der Waals surface area contributed by atoms with E-state index in [4.69, 9.17) is 14.3 Å². The fourth-order valence-electron chi connectivity index (χ4n) is 8.27. The number of nitrogens with one attached hydrogen (secondary N) is 3. The first-order chi connectivity index (χ1) is 29.9. The minimum Gasteiger partial charge on any atom is -0.454 e. The Balaban J connectivity index is 1.02. The number of nitrogens with two attached hydrogens (primary N) is 1. The number of nitrogens with zero attached hydrogens (tertiary/aromatic N) is 3. The van der Waals surface area contributed by atoms with Crippen LogP contribution < -0.4 is 20.3 Å². The van der Waals surface area contributed by atoms with Gasteiger partial charge in [-0.3, -0.25) is 19.0 Å². The molecular formula is C46H52F2N7O6S+. The van der Waals surface area contributed by atoms with Crippen molar-refractivity contribution in [2.24, 2.45) is 5.92 Å². The quantitative estimate of drug-likeness (QED) is 0.0834. The number of halogens is 2. The first kappa shape index (κ1) is 43.0. The number of hydrogen-bond acceptors (Lipinski definition) is 9. The molecule has 4 aromatic rings. The van der Waals surface area contributed by atoms with E-state index in [1.54, 1.807) is 42.0 Å². The van der Waals surface area contributed by atoms with Crippen molar-refractivity contribution in [3.05, 3.63) is 153 Å². The molecule has 2 atom stereocenters. The standard InChI is InChI=1S/C46H51F2N7O6S/c1-59-52-43-27-37(10-13-42(43)50-28-31-15-22-60-23-16-31)62(2,57,58)53-46(56)38-11-9-35(26-44(38)61-36-24-34-14-17-49-45(34)51-29-36)55-20-18-54(19-21-55)30-39(32-6-4-3-5-7-32)33-8-12-40(47)41(48)25-33/h3-8,10,12-14,17,24-26,29,31,39,43,50,52H,15-16,18-23,27-28,30H2,1-2H3,(H,49,51)(H2,53,56,57,58)/p+1. The van der Waals surface area contributed by atoms with Crippen LogP contribution in [0.4, 0.5) is 8.78 Å². The van der Waals surface area contributed by atoms with Crippen molar-refractivity contribution in [2.75, 3.05) is 65.8 Å². The van der Waals surface area contributed by atoms with E-state index in [0.717, 1.165) is 55.5 Å². The summed E-state index contributed by atoms with van der Waals surface area (Å²) in [5, 5.41) is 4.30. The number of quaternary nitrogens is 1. The molecule has 0 bridgehead atoms. The van der Waals surface area contributed by atoms with Crippen molar-refractivity contribution in [2.45, 2.75) is 31.2 Å². The van der Waals surface area contributed by atoms with Crippen LogP contribution in [0.25, 0.3) is 11.0 Å². The molecule has 16 heteroatoms. The highest BCUT2D eigenvalue weighted by atomic mass is 32.3. The summed E-state index contributed by atoms with van der Waals surface area (Å²) in [7, 11) is -3.43. The monoisotopic (exact) mass is 868 g/mol. The maximum absolute atomic E-state index is 14.5. The highest BCUT2D eigenvalue weighted by Crippen LogP contribution is 2.34. The van der Waals surface area contributed by atoms with E-state index in [0.29, 0.717) is 61.3 Å². The van der Waals surface area contributed by atoms with E-state index < -0.39 is 27.1 Å². The number of fused-ring (bicyclic) bond motifs is 1. The molecule has 0 spiro atoms. The molecular weight excluding hydrogens is 817 g/mol. The second-order valence-electron chi connectivity index (χ2n) is 16.2. The Labute approximate surface area is 359 Å². The number of benzene rings is 2. The zero-order valence-electron chi connectivity index (χ0n) is 34.7. The van der Waals surface area contributed by atoms with Gasteiger partial charge in [0.25, 0.3) is 5.91 Å². The molecule has 2 aliphatic carbocycles. The minimum absolute atomic E-state index is 0.101. The smallest absolute Gasteiger partial charge is 0.281 e. The summed E-state index contributed by atoms with van der Waals surface area (Å²) in [6.45, 7) is 5.26. The Morgan fingerprint density at radius 1 is 1.05 bits per heavy atom. The largest absolute Gasteiger partial charge is 0.454 e. The number of hydrogen-bond donors (Lipinski definition) is 5. The molecule has 2 aromatic heterocycles. The number of aromatic amines is 1. The second kappa shape index (κ2) is 18.4. The van der Waals surface area contributed by atoms with Crippen molar-refractivity contribution < 1.29 is 42.1 Å². The van der Waals surface area contributed by atoms with Crippen molar-refractivity contribution in [1.29, 1.82) is 0 Å². The Morgan fingerprint density at radius 2 is 1.84 bits per heavy atom. The topological polar surface area (TPSA) is 158 Å². The Bertz CT molecular complexity index is 2580. The van der Waals surface area contributed by atoms with E-state index in [1.807, 2.05) is 36.4 Å². The van der Waals surface area contributed by atoms with Gasteiger partial charge in [0.2, 0.25) is 0 Å². The summed E-state index contributed by atoms with van der Waals surface area (Å²) in [5.74, 6) is -1.90. The summed E-state index contributed by atoms with van der Waals surface area (Å²) in [6.07, 6.45) is 11.5. The normalized spacial score (nSPS) is 20.0. The number of pyridine rings is 1. The predicted molar refractivity (Wildman–Crippen MR) is 231 cm³/mol. The van der Waals surface area contributed by atoms with Crippen LogP contribution in [0.5, 0.6) is 5.75 Å².